The largest absolute Gasteiger partial charge is 0.481 e. The van der Waals surface area contributed by atoms with E-state index in [1.165, 1.54) is 0 Å². The van der Waals surface area contributed by atoms with Gasteiger partial charge in [-0.25, -0.2) is 0 Å². The van der Waals surface area contributed by atoms with Crippen LogP contribution < -0.4 is 5.32 Å². The average Bonchev–Trinajstić information content (AvgIpc) is 1.93. The van der Waals surface area contributed by atoms with E-state index in [2.05, 4.69) is 5.32 Å². The highest BCUT2D eigenvalue weighted by molar-refractivity contribution is 5.86. The van der Waals surface area contributed by atoms with Crippen molar-refractivity contribution in [3.8, 4) is 0 Å². The first-order valence-corrected chi connectivity index (χ1v) is 4.79. The molecular weight excluding hydrogens is 186 g/mol. The van der Waals surface area contributed by atoms with Crippen LogP contribution in [0.5, 0.6) is 0 Å². The van der Waals surface area contributed by atoms with Crippen molar-refractivity contribution in [2.75, 3.05) is 13.2 Å². The van der Waals surface area contributed by atoms with E-state index in [1.54, 1.807) is 0 Å². The van der Waals surface area contributed by atoms with Crippen molar-refractivity contribution in [3.63, 3.8) is 0 Å². The minimum Gasteiger partial charge on any atom is -0.481 e. The van der Waals surface area contributed by atoms with Crippen molar-refractivity contribution >= 4 is 11.9 Å². The highest BCUT2D eigenvalue weighted by Gasteiger charge is 2.42. The average molecular weight is 199 g/mol. The van der Waals surface area contributed by atoms with Gasteiger partial charge in [0.15, 0.2) is 0 Å². The molecule has 0 aromatic heterocycles. The van der Waals surface area contributed by atoms with E-state index in [0.29, 0.717) is 26.1 Å². The maximum absolute atomic E-state index is 11.5. The summed E-state index contributed by atoms with van der Waals surface area (Å²) in [6.07, 6.45) is 1.31. The molecule has 1 heterocycles. The van der Waals surface area contributed by atoms with Crippen molar-refractivity contribution in [3.05, 3.63) is 0 Å². The van der Waals surface area contributed by atoms with Crippen molar-refractivity contribution in [2.45, 2.75) is 18.9 Å². The molecule has 1 aliphatic carbocycles. The molecule has 0 aromatic carbocycles. The fourth-order valence-electron chi connectivity index (χ4n) is 1.74. The van der Waals surface area contributed by atoms with E-state index >= 15 is 0 Å². The lowest BCUT2D eigenvalue weighted by Gasteiger charge is -2.35. The second-order valence-electron chi connectivity index (χ2n) is 3.87. The van der Waals surface area contributed by atoms with Gasteiger partial charge in [0.2, 0.25) is 5.91 Å². The summed E-state index contributed by atoms with van der Waals surface area (Å²) in [4.78, 5) is 22.2. The van der Waals surface area contributed by atoms with Gasteiger partial charge in [0.05, 0.1) is 31.1 Å². The second-order valence-corrected chi connectivity index (χ2v) is 3.87. The van der Waals surface area contributed by atoms with Crippen LogP contribution >= 0.6 is 0 Å². The number of carbonyl (C=O) groups is 2. The Hall–Kier alpha value is -1.10. The van der Waals surface area contributed by atoms with E-state index in [0.717, 1.165) is 0 Å². The first kappa shape index (κ1) is 9.45. The van der Waals surface area contributed by atoms with Crippen LogP contribution in [-0.4, -0.2) is 36.2 Å². The van der Waals surface area contributed by atoms with E-state index in [4.69, 9.17) is 9.84 Å². The summed E-state index contributed by atoms with van der Waals surface area (Å²) in [6.45, 7) is 1.10. The minimum absolute atomic E-state index is 0.0949. The van der Waals surface area contributed by atoms with E-state index in [1.807, 2.05) is 0 Å². The number of hydrogen-bond acceptors (Lipinski definition) is 3. The molecule has 5 heteroatoms. The third kappa shape index (κ3) is 1.59. The van der Waals surface area contributed by atoms with Crippen molar-refractivity contribution in [2.24, 2.45) is 11.8 Å². The van der Waals surface area contributed by atoms with Gasteiger partial charge in [-0.15, -0.1) is 0 Å². The number of carbonyl (C=O) groups excluding carboxylic acids is 1. The molecule has 0 spiro atoms. The van der Waals surface area contributed by atoms with Gasteiger partial charge in [-0.1, -0.05) is 0 Å². The highest BCUT2D eigenvalue weighted by atomic mass is 16.5. The van der Waals surface area contributed by atoms with Gasteiger partial charge in [-0.05, 0) is 12.8 Å². The fraction of sp³-hybridized carbons (Fsp3) is 0.778. The van der Waals surface area contributed by atoms with Crippen LogP contribution in [0.2, 0.25) is 0 Å². The van der Waals surface area contributed by atoms with Crippen LogP contribution in [0, 0.1) is 11.8 Å². The van der Waals surface area contributed by atoms with Crippen LogP contribution in [0.25, 0.3) is 0 Å². The van der Waals surface area contributed by atoms with Gasteiger partial charge < -0.3 is 15.2 Å². The van der Waals surface area contributed by atoms with E-state index in [-0.39, 0.29) is 17.9 Å². The predicted molar refractivity (Wildman–Crippen MR) is 46.6 cm³/mol. The lowest BCUT2D eigenvalue weighted by Crippen LogP contribution is -2.53. The summed E-state index contributed by atoms with van der Waals surface area (Å²) >= 11 is 0. The molecule has 0 radical (unpaired) electrons. The van der Waals surface area contributed by atoms with Crippen LogP contribution in [-0.2, 0) is 14.3 Å². The lowest BCUT2D eigenvalue weighted by atomic mass is 9.73. The minimum atomic E-state index is -0.860. The first-order chi connectivity index (χ1) is 6.68. The summed E-state index contributed by atoms with van der Waals surface area (Å²) < 4.78 is 4.91. The Kier molecular flexibility index (Phi) is 2.41. The molecule has 1 aliphatic heterocycles. The molecular formula is C9H13NO4. The summed E-state index contributed by atoms with van der Waals surface area (Å²) in [6, 6.07) is 0.0949. The summed E-state index contributed by atoms with van der Waals surface area (Å²) in [7, 11) is 0. The molecule has 2 N–H and O–H groups in total. The van der Waals surface area contributed by atoms with Gasteiger partial charge in [0.1, 0.15) is 0 Å². The van der Waals surface area contributed by atoms with Crippen LogP contribution in [0.3, 0.4) is 0 Å². The molecule has 14 heavy (non-hydrogen) atoms. The SMILES string of the molecule is O=C(NC1COC1)[C@H]1CC[C@H]1C(=O)O. The predicted octanol–water partition coefficient (Wildman–Crippen LogP) is -0.388. The Labute approximate surface area is 81.4 Å². The monoisotopic (exact) mass is 199 g/mol. The number of amides is 1. The fourth-order valence-corrected chi connectivity index (χ4v) is 1.74. The number of rotatable bonds is 3. The van der Waals surface area contributed by atoms with Gasteiger partial charge in [-0.2, -0.15) is 0 Å². The molecule has 2 aliphatic rings. The zero-order valence-electron chi connectivity index (χ0n) is 7.73. The molecule has 0 unspecified atom stereocenters. The number of hydrogen-bond donors (Lipinski definition) is 2. The quantitative estimate of drug-likeness (QED) is 0.649. The molecule has 1 saturated carbocycles. The summed E-state index contributed by atoms with van der Waals surface area (Å²) in [5.41, 5.74) is 0. The van der Waals surface area contributed by atoms with Gasteiger partial charge in [0, 0.05) is 0 Å². The topological polar surface area (TPSA) is 75.6 Å². The number of ether oxygens (including phenoxy) is 1. The molecule has 2 rings (SSSR count). The van der Waals surface area contributed by atoms with Crippen LogP contribution in [0.15, 0.2) is 0 Å². The zero-order valence-corrected chi connectivity index (χ0v) is 7.73. The standard InChI is InChI=1S/C9H13NO4/c11-8(10-5-3-14-4-5)6-1-2-7(6)9(12)13/h5-7H,1-4H2,(H,10,11)(H,12,13)/t6-,7+/m0/s1. The molecule has 2 fully saturated rings. The second kappa shape index (κ2) is 3.57. The number of carboxylic acids is 1. The third-order valence-electron chi connectivity index (χ3n) is 2.91. The lowest BCUT2D eigenvalue weighted by molar-refractivity contribution is -0.153. The Morgan fingerprint density at radius 3 is 2.21 bits per heavy atom. The maximum Gasteiger partial charge on any atom is 0.307 e. The summed E-state index contributed by atoms with van der Waals surface area (Å²) in [5.74, 6) is -1.79. The normalized spacial score (nSPS) is 31.4. The van der Waals surface area contributed by atoms with Gasteiger partial charge in [-0.3, -0.25) is 9.59 Å². The highest BCUT2D eigenvalue weighted by Crippen LogP contribution is 2.34. The molecule has 5 nitrogen and oxygen atoms in total. The third-order valence-corrected chi connectivity index (χ3v) is 2.91. The van der Waals surface area contributed by atoms with E-state index < -0.39 is 11.9 Å². The number of nitrogens with one attached hydrogen (secondary N) is 1. The van der Waals surface area contributed by atoms with Gasteiger partial charge >= 0.3 is 5.97 Å². The summed E-state index contributed by atoms with van der Waals surface area (Å²) in [5, 5.41) is 11.5. The molecule has 0 bridgehead atoms. The smallest absolute Gasteiger partial charge is 0.307 e. The Balaban J connectivity index is 1.82. The Bertz CT molecular complexity index is 262. The molecule has 2 atom stereocenters. The maximum atomic E-state index is 11.5. The van der Waals surface area contributed by atoms with Crippen molar-refractivity contribution in [1.82, 2.24) is 5.32 Å². The Morgan fingerprint density at radius 1 is 1.21 bits per heavy atom. The Morgan fingerprint density at radius 2 is 1.86 bits per heavy atom. The van der Waals surface area contributed by atoms with Gasteiger partial charge in [0.25, 0.3) is 0 Å². The molecule has 0 aromatic rings. The van der Waals surface area contributed by atoms with Crippen LogP contribution in [0.1, 0.15) is 12.8 Å². The zero-order chi connectivity index (χ0) is 10.1. The van der Waals surface area contributed by atoms with Crippen molar-refractivity contribution in [1.29, 1.82) is 0 Å². The molecule has 1 saturated heterocycles. The number of carboxylic acid groups (broad SMARTS) is 1. The van der Waals surface area contributed by atoms with E-state index in [9.17, 15) is 9.59 Å². The molecule has 78 valence electrons. The molecule has 1 amide bonds. The first-order valence-electron chi connectivity index (χ1n) is 4.79. The van der Waals surface area contributed by atoms with Crippen molar-refractivity contribution < 1.29 is 19.4 Å². The number of aliphatic carboxylic acids is 1. The van der Waals surface area contributed by atoms with Crippen LogP contribution in [0.4, 0.5) is 0 Å².